The van der Waals surface area contributed by atoms with E-state index in [1.54, 1.807) is 31.2 Å². The fraction of sp³-hybridized carbons (Fsp3) is 0.360. The number of hydrogen-bond acceptors (Lipinski definition) is 8. The molecule has 0 fully saturated rings. The summed E-state index contributed by atoms with van der Waals surface area (Å²) in [5, 5.41) is 16.1. The van der Waals surface area contributed by atoms with Crippen LogP contribution in [0.25, 0.3) is 0 Å². The van der Waals surface area contributed by atoms with Gasteiger partial charge in [0.25, 0.3) is 11.6 Å². The van der Waals surface area contributed by atoms with E-state index in [0.29, 0.717) is 23.4 Å². The Morgan fingerprint density at radius 3 is 2.22 bits per heavy atom. The van der Waals surface area contributed by atoms with Gasteiger partial charge in [-0.25, -0.2) is 4.79 Å². The van der Waals surface area contributed by atoms with Crippen molar-refractivity contribution in [1.29, 1.82) is 0 Å². The molecule has 0 atom stereocenters. The van der Waals surface area contributed by atoms with Crippen molar-refractivity contribution in [1.82, 2.24) is 0 Å². The van der Waals surface area contributed by atoms with Crippen LogP contribution in [0.1, 0.15) is 54.9 Å². The summed E-state index contributed by atoms with van der Waals surface area (Å²) in [5.74, 6) is -2.04. The molecule has 36 heavy (non-hydrogen) atoms. The number of ether oxygens (including phenoxy) is 2. The molecule has 0 aromatic heterocycles. The van der Waals surface area contributed by atoms with E-state index < -0.39 is 29.4 Å². The first-order valence-electron chi connectivity index (χ1n) is 11.5. The molecule has 2 rings (SSSR count). The Bertz CT molecular complexity index is 1100. The first kappa shape index (κ1) is 28.0. The molecule has 0 bridgehead atoms. The molecule has 192 valence electrons. The molecule has 0 radical (unpaired) electrons. The molecular formula is C25H29N3O8. The zero-order valence-corrected chi connectivity index (χ0v) is 20.2. The number of hydrogen-bond donors (Lipinski definition) is 2. The van der Waals surface area contributed by atoms with Gasteiger partial charge in [-0.1, -0.05) is 19.4 Å². The van der Waals surface area contributed by atoms with Crippen LogP contribution in [0.3, 0.4) is 0 Å². The summed E-state index contributed by atoms with van der Waals surface area (Å²) in [7, 11) is 0. The Hall–Kier alpha value is -4.28. The molecule has 2 amide bonds. The Kier molecular flexibility index (Phi) is 11.0. The van der Waals surface area contributed by atoms with Gasteiger partial charge >= 0.3 is 11.9 Å². The molecule has 2 aromatic carbocycles. The van der Waals surface area contributed by atoms with Crippen LogP contribution < -0.4 is 10.6 Å². The Morgan fingerprint density at radius 1 is 0.889 bits per heavy atom. The summed E-state index contributed by atoms with van der Waals surface area (Å²) in [5.41, 5.74) is 1.42. The van der Waals surface area contributed by atoms with Crippen LogP contribution in [-0.4, -0.2) is 41.9 Å². The molecule has 11 nitrogen and oxygen atoms in total. The van der Waals surface area contributed by atoms with Gasteiger partial charge in [0, 0.05) is 35.8 Å². The maximum absolute atomic E-state index is 12.1. The number of nitro benzene ring substituents is 1. The quantitative estimate of drug-likeness (QED) is 0.180. The number of carbonyl (C=O) groups is 4. The number of unbranched alkanes of at least 4 members (excludes halogenated alkanes) is 1. The lowest BCUT2D eigenvalue weighted by molar-refractivity contribution is -0.385. The highest BCUT2D eigenvalue weighted by molar-refractivity contribution is 5.94. The first-order valence-corrected chi connectivity index (χ1v) is 11.5. The zero-order valence-electron chi connectivity index (χ0n) is 20.2. The standard InChI is InChI=1S/C25H29N3O8/c1-3-4-14-35-25(32)18-9-12-19(13-10-18)26-22(29)6-5-7-24(31)36-16-23(30)27-20-11-8-17(2)21(15-20)28(33)34/h8-13,15H,3-7,14,16H2,1-2H3,(H,26,29)(H,27,30). The SMILES string of the molecule is CCCCOC(=O)c1ccc(NC(=O)CCCC(=O)OCC(=O)Nc2ccc(C)c([N+](=O)[O-])c2)cc1. The van der Waals surface area contributed by atoms with E-state index in [4.69, 9.17) is 9.47 Å². The Balaban J connectivity index is 1.67. The number of amides is 2. The van der Waals surface area contributed by atoms with Gasteiger partial charge in [0.1, 0.15) is 0 Å². The number of nitrogens with zero attached hydrogens (tertiary/aromatic N) is 1. The van der Waals surface area contributed by atoms with Crippen molar-refractivity contribution in [2.75, 3.05) is 23.8 Å². The van der Waals surface area contributed by atoms with E-state index >= 15 is 0 Å². The van der Waals surface area contributed by atoms with Crippen molar-refractivity contribution < 1.29 is 33.6 Å². The van der Waals surface area contributed by atoms with Gasteiger partial charge in [0.15, 0.2) is 6.61 Å². The predicted molar refractivity (Wildman–Crippen MR) is 132 cm³/mol. The molecule has 0 saturated heterocycles. The summed E-state index contributed by atoms with van der Waals surface area (Å²) >= 11 is 0. The molecule has 2 N–H and O–H groups in total. The normalized spacial score (nSPS) is 10.3. The minimum absolute atomic E-state index is 0.0507. The molecule has 0 heterocycles. The summed E-state index contributed by atoms with van der Waals surface area (Å²) < 4.78 is 10.0. The van der Waals surface area contributed by atoms with Crippen LogP contribution in [0.15, 0.2) is 42.5 Å². The average molecular weight is 500 g/mol. The second kappa shape index (κ2) is 14.2. The lowest BCUT2D eigenvalue weighted by Crippen LogP contribution is -2.21. The lowest BCUT2D eigenvalue weighted by Gasteiger charge is -2.08. The molecule has 0 unspecified atom stereocenters. The van der Waals surface area contributed by atoms with E-state index in [-0.39, 0.29) is 36.5 Å². The fourth-order valence-electron chi connectivity index (χ4n) is 3.00. The highest BCUT2D eigenvalue weighted by Crippen LogP contribution is 2.22. The molecule has 0 spiro atoms. The van der Waals surface area contributed by atoms with Crippen molar-refractivity contribution in [2.24, 2.45) is 0 Å². The van der Waals surface area contributed by atoms with Crippen LogP contribution in [-0.2, 0) is 23.9 Å². The molecular weight excluding hydrogens is 470 g/mol. The van der Waals surface area contributed by atoms with Gasteiger partial charge in [-0.3, -0.25) is 24.5 Å². The van der Waals surface area contributed by atoms with Crippen LogP contribution >= 0.6 is 0 Å². The first-order chi connectivity index (χ1) is 17.2. The number of benzene rings is 2. The van der Waals surface area contributed by atoms with Crippen LogP contribution in [0.4, 0.5) is 17.1 Å². The van der Waals surface area contributed by atoms with Gasteiger partial charge in [-0.2, -0.15) is 0 Å². The summed E-state index contributed by atoms with van der Waals surface area (Å²) in [6.07, 6.45) is 1.90. The second-order valence-electron chi connectivity index (χ2n) is 7.94. The third kappa shape index (κ3) is 9.53. The van der Waals surface area contributed by atoms with Crippen LogP contribution in [0.5, 0.6) is 0 Å². The van der Waals surface area contributed by atoms with E-state index in [9.17, 15) is 29.3 Å². The smallest absolute Gasteiger partial charge is 0.338 e. The van der Waals surface area contributed by atoms with Gasteiger partial charge in [-0.05, 0) is 50.1 Å². The number of nitrogens with one attached hydrogen (secondary N) is 2. The topological polar surface area (TPSA) is 154 Å². The van der Waals surface area contributed by atoms with Crippen molar-refractivity contribution in [2.45, 2.75) is 46.0 Å². The van der Waals surface area contributed by atoms with Gasteiger partial charge in [-0.15, -0.1) is 0 Å². The zero-order chi connectivity index (χ0) is 26.5. The molecule has 0 aliphatic rings. The number of nitro groups is 1. The van der Waals surface area contributed by atoms with Crippen LogP contribution in [0.2, 0.25) is 0 Å². The maximum Gasteiger partial charge on any atom is 0.338 e. The van der Waals surface area contributed by atoms with E-state index in [1.165, 1.54) is 18.2 Å². The third-order valence-corrected chi connectivity index (χ3v) is 4.97. The minimum atomic E-state index is -0.654. The average Bonchev–Trinajstić information content (AvgIpc) is 2.84. The molecule has 0 aliphatic heterocycles. The fourth-order valence-corrected chi connectivity index (χ4v) is 3.00. The monoisotopic (exact) mass is 499 g/mol. The van der Waals surface area contributed by atoms with E-state index in [0.717, 1.165) is 12.8 Å². The summed E-state index contributed by atoms with van der Waals surface area (Å²) in [4.78, 5) is 58.2. The van der Waals surface area contributed by atoms with Gasteiger partial charge in [0.2, 0.25) is 5.91 Å². The molecule has 0 saturated carbocycles. The Morgan fingerprint density at radius 2 is 1.56 bits per heavy atom. The highest BCUT2D eigenvalue weighted by atomic mass is 16.6. The van der Waals surface area contributed by atoms with E-state index in [1.807, 2.05) is 6.92 Å². The molecule has 0 aliphatic carbocycles. The van der Waals surface area contributed by atoms with Gasteiger partial charge < -0.3 is 20.1 Å². The predicted octanol–water partition coefficient (Wildman–Crippen LogP) is 4.15. The second-order valence-corrected chi connectivity index (χ2v) is 7.94. The largest absolute Gasteiger partial charge is 0.462 e. The molecule has 2 aromatic rings. The van der Waals surface area contributed by atoms with Crippen molar-refractivity contribution >= 4 is 40.8 Å². The number of anilines is 2. The van der Waals surface area contributed by atoms with Gasteiger partial charge in [0.05, 0.1) is 17.1 Å². The number of carbonyl (C=O) groups excluding carboxylic acids is 4. The highest BCUT2D eigenvalue weighted by Gasteiger charge is 2.14. The third-order valence-electron chi connectivity index (χ3n) is 4.97. The lowest BCUT2D eigenvalue weighted by atomic mass is 10.2. The van der Waals surface area contributed by atoms with Crippen molar-refractivity contribution in [3.63, 3.8) is 0 Å². The number of rotatable bonds is 13. The van der Waals surface area contributed by atoms with Crippen molar-refractivity contribution in [3.8, 4) is 0 Å². The Labute approximate surface area is 208 Å². The summed E-state index contributed by atoms with van der Waals surface area (Å²) in [6, 6.07) is 10.5. The van der Waals surface area contributed by atoms with Crippen LogP contribution in [0, 0.1) is 17.0 Å². The summed E-state index contributed by atoms with van der Waals surface area (Å²) in [6.45, 7) is 3.38. The van der Waals surface area contributed by atoms with Crippen molar-refractivity contribution in [3.05, 3.63) is 63.7 Å². The maximum atomic E-state index is 12.1. The number of aryl methyl sites for hydroxylation is 1. The van der Waals surface area contributed by atoms with E-state index in [2.05, 4.69) is 10.6 Å². The minimum Gasteiger partial charge on any atom is -0.462 e. The number of esters is 2. The molecule has 11 heteroatoms.